The predicted octanol–water partition coefficient (Wildman–Crippen LogP) is 2.76. The van der Waals surface area contributed by atoms with Gasteiger partial charge in [0.05, 0.1) is 7.11 Å². The van der Waals surface area contributed by atoms with Crippen LogP contribution in [-0.2, 0) is 11.2 Å². The molecule has 1 aliphatic heterocycles. The molecule has 1 aromatic rings. The topological polar surface area (TPSA) is 18.5 Å². The summed E-state index contributed by atoms with van der Waals surface area (Å²) in [5, 5.41) is 0. The van der Waals surface area contributed by atoms with E-state index < -0.39 is 5.67 Å². The summed E-state index contributed by atoms with van der Waals surface area (Å²) in [7, 11) is 1.63. The zero-order chi connectivity index (χ0) is 11.4. The number of hydrogen-bond acceptors (Lipinski definition) is 2. The second-order valence-corrected chi connectivity index (χ2v) is 4.29. The van der Waals surface area contributed by atoms with E-state index in [-0.39, 0.29) is 0 Å². The third-order valence-electron chi connectivity index (χ3n) is 3.07. The molecule has 88 valence electrons. The molecule has 0 aromatic heterocycles. The lowest BCUT2D eigenvalue weighted by Crippen LogP contribution is -2.33. The van der Waals surface area contributed by atoms with Gasteiger partial charge in [0.2, 0.25) is 0 Å². The minimum Gasteiger partial charge on any atom is -0.497 e. The molecule has 0 atom stereocenters. The van der Waals surface area contributed by atoms with Crippen LogP contribution in [0.2, 0.25) is 0 Å². The molecule has 3 heteroatoms. The molecule has 2 nitrogen and oxygen atoms in total. The summed E-state index contributed by atoms with van der Waals surface area (Å²) in [6.45, 7) is 1.07. The van der Waals surface area contributed by atoms with Crippen LogP contribution >= 0.6 is 0 Å². The molecule has 1 aromatic carbocycles. The third kappa shape index (κ3) is 2.73. The van der Waals surface area contributed by atoms with Crippen molar-refractivity contribution in [3.05, 3.63) is 29.8 Å². The van der Waals surface area contributed by atoms with E-state index in [0.29, 0.717) is 32.5 Å². The van der Waals surface area contributed by atoms with E-state index in [1.807, 2.05) is 24.3 Å². The number of methoxy groups -OCH3 is 1. The number of alkyl halides is 1. The minimum absolute atomic E-state index is 0.473. The molecule has 1 saturated heterocycles. The quantitative estimate of drug-likeness (QED) is 0.786. The Balaban J connectivity index is 2.01. The van der Waals surface area contributed by atoms with E-state index in [1.54, 1.807) is 7.11 Å². The highest BCUT2D eigenvalue weighted by Crippen LogP contribution is 2.29. The van der Waals surface area contributed by atoms with Gasteiger partial charge in [0.1, 0.15) is 11.4 Å². The molecule has 1 aliphatic rings. The monoisotopic (exact) mass is 224 g/mol. The van der Waals surface area contributed by atoms with Crippen molar-refractivity contribution in [2.24, 2.45) is 0 Å². The van der Waals surface area contributed by atoms with Crippen LogP contribution in [0.25, 0.3) is 0 Å². The SMILES string of the molecule is COc1ccc(CC2(F)CCOCC2)cc1. The minimum atomic E-state index is -1.09. The summed E-state index contributed by atoms with van der Waals surface area (Å²) in [6, 6.07) is 7.60. The molecule has 1 heterocycles. The van der Waals surface area contributed by atoms with Crippen molar-refractivity contribution in [2.45, 2.75) is 24.9 Å². The van der Waals surface area contributed by atoms with Gasteiger partial charge < -0.3 is 9.47 Å². The van der Waals surface area contributed by atoms with Gasteiger partial charge >= 0.3 is 0 Å². The van der Waals surface area contributed by atoms with E-state index in [1.165, 1.54) is 0 Å². The molecule has 1 fully saturated rings. The highest BCUT2D eigenvalue weighted by molar-refractivity contribution is 5.28. The fourth-order valence-electron chi connectivity index (χ4n) is 2.02. The van der Waals surface area contributed by atoms with Crippen LogP contribution in [0.1, 0.15) is 18.4 Å². The van der Waals surface area contributed by atoms with Crippen molar-refractivity contribution >= 4 is 0 Å². The lowest BCUT2D eigenvalue weighted by molar-refractivity contribution is -0.00816. The fraction of sp³-hybridized carbons (Fsp3) is 0.538. The highest BCUT2D eigenvalue weighted by atomic mass is 19.1. The van der Waals surface area contributed by atoms with E-state index in [9.17, 15) is 4.39 Å². The summed E-state index contributed by atoms with van der Waals surface area (Å²) in [6.07, 6.45) is 1.47. The Morgan fingerprint density at radius 3 is 2.44 bits per heavy atom. The Bertz CT molecular complexity index is 328. The van der Waals surface area contributed by atoms with Gasteiger partial charge in [-0.15, -0.1) is 0 Å². The number of ether oxygens (including phenoxy) is 2. The van der Waals surface area contributed by atoms with Gasteiger partial charge in [-0.25, -0.2) is 4.39 Å². The lowest BCUT2D eigenvalue weighted by atomic mass is 9.89. The molecule has 0 aliphatic carbocycles. The van der Waals surface area contributed by atoms with Gasteiger partial charge in [-0.1, -0.05) is 12.1 Å². The molecule has 16 heavy (non-hydrogen) atoms. The fourth-order valence-corrected chi connectivity index (χ4v) is 2.02. The van der Waals surface area contributed by atoms with Crippen LogP contribution in [-0.4, -0.2) is 26.0 Å². The van der Waals surface area contributed by atoms with Crippen LogP contribution < -0.4 is 4.74 Å². The first kappa shape index (κ1) is 11.4. The number of benzene rings is 1. The maximum Gasteiger partial charge on any atom is 0.119 e. The van der Waals surface area contributed by atoms with Crippen molar-refractivity contribution in [3.8, 4) is 5.75 Å². The van der Waals surface area contributed by atoms with Crippen LogP contribution in [0.3, 0.4) is 0 Å². The number of halogens is 1. The maximum absolute atomic E-state index is 14.3. The molecule has 0 bridgehead atoms. The smallest absolute Gasteiger partial charge is 0.119 e. The van der Waals surface area contributed by atoms with Crippen LogP contribution in [0, 0.1) is 0 Å². The Morgan fingerprint density at radius 1 is 1.25 bits per heavy atom. The standard InChI is InChI=1S/C13H17FO2/c1-15-12-4-2-11(3-5-12)10-13(14)6-8-16-9-7-13/h2-5H,6-10H2,1H3. The van der Waals surface area contributed by atoms with E-state index >= 15 is 0 Å². The number of rotatable bonds is 3. The molecule has 0 unspecified atom stereocenters. The van der Waals surface area contributed by atoms with Crippen molar-refractivity contribution in [3.63, 3.8) is 0 Å². The molecular weight excluding hydrogens is 207 g/mol. The number of hydrogen-bond donors (Lipinski definition) is 0. The first-order chi connectivity index (χ1) is 7.72. The predicted molar refractivity (Wildman–Crippen MR) is 60.6 cm³/mol. The Hall–Kier alpha value is -1.09. The summed E-state index contributed by atoms with van der Waals surface area (Å²) in [5.41, 5.74) is -0.0717. The van der Waals surface area contributed by atoms with E-state index in [2.05, 4.69) is 0 Å². The van der Waals surface area contributed by atoms with Gasteiger partial charge in [0.15, 0.2) is 0 Å². The van der Waals surface area contributed by atoms with Gasteiger partial charge in [-0.05, 0) is 17.7 Å². The van der Waals surface area contributed by atoms with Gasteiger partial charge in [-0.3, -0.25) is 0 Å². The largest absolute Gasteiger partial charge is 0.497 e. The second kappa shape index (κ2) is 4.83. The summed E-state index contributed by atoms with van der Waals surface area (Å²) in [5.74, 6) is 0.809. The van der Waals surface area contributed by atoms with Crippen LogP contribution in [0.5, 0.6) is 5.75 Å². The normalized spacial score (nSPS) is 19.4. The maximum atomic E-state index is 14.3. The van der Waals surface area contributed by atoms with Crippen molar-refractivity contribution in [2.75, 3.05) is 20.3 Å². The molecule has 0 radical (unpaired) electrons. The first-order valence-electron chi connectivity index (χ1n) is 5.61. The van der Waals surface area contributed by atoms with Crippen LogP contribution in [0.15, 0.2) is 24.3 Å². The zero-order valence-electron chi connectivity index (χ0n) is 9.54. The average Bonchev–Trinajstić information content (AvgIpc) is 2.30. The molecular formula is C13H17FO2. The van der Waals surface area contributed by atoms with Gasteiger partial charge in [0.25, 0.3) is 0 Å². The Morgan fingerprint density at radius 2 is 1.88 bits per heavy atom. The second-order valence-electron chi connectivity index (χ2n) is 4.29. The average molecular weight is 224 g/mol. The summed E-state index contributed by atoms with van der Waals surface area (Å²) >= 11 is 0. The molecule has 0 amide bonds. The van der Waals surface area contributed by atoms with E-state index in [0.717, 1.165) is 11.3 Å². The van der Waals surface area contributed by atoms with Gasteiger partial charge in [-0.2, -0.15) is 0 Å². The van der Waals surface area contributed by atoms with Crippen molar-refractivity contribution in [1.29, 1.82) is 0 Å². The zero-order valence-corrected chi connectivity index (χ0v) is 9.54. The molecule has 0 saturated carbocycles. The molecule has 2 rings (SSSR count). The Kier molecular flexibility index (Phi) is 3.44. The van der Waals surface area contributed by atoms with E-state index in [4.69, 9.17) is 9.47 Å². The Labute approximate surface area is 95.4 Å². The molecule has 0 spiro atoms. The van der Waals surface area contributed by atoms with Gasteiger partial charge in [0, 0.05) is 32.5 Å². The molecule has 0 N–H and O–H groups in total. The van der Waals surface area contributed by atoms with Crippen LogP contribution in [0.4, 0.5) is 4.39 Å². The summed E-state index contributed by atoms with van der Waals surface area (Å²) < 4.78 is 24.6. The van der Waals surface area contributed by atoms with Crippen molar-refractivity contribution in [1.82, 2.24) is 0 Å². The highest BCUT2D eigenvalue weighted by Gasteiger charge is 2.32. The third-order valence-corrected chi connectivity index (χ3v) is 3.07. The first-order valence-corrected chi connectivity index (χ1v) is 5.61. The summed E-state index contributed by atoms with van der Waals surface area (Å²) in [4.78, 5) is 0. The van der Waals surface area contributed by atoms with Crippen molar-refractivity contribution < 1.29 is 13.9 Å². The lowest BCUT2D eigenvalue weighted by Gasteiger charge is -2.29.